The number of nitrogens with zero attached hydrogens (tertiary/aromatic N) is 1. The van der Waals surface area contributed by atoms with E-state index in [2.05, 4.69) is 42.3 Å². The van der Waals surface area contributed by atoms with E-state index in [4.69, 9.17) is 4.74 Å². The summed E-state index contributed by atoms with van der Waals surface area (Å²) in [4.78, 5) is 2.52. The van der Waals surface area contributed by atoms with Gasteiger partial charge >= 0.3 is 0 Å². The Labute approximate surface area is 128 Å². The van der Waals surface area contributed by atoms with Crippen LogP contribution in [0.1, 0.15) is 25.3 Å². The maximum atomic E-state index is 5.95. The zero-order valence-corrected chi connectivity index (χ0v) is 13.2. The largest absolute Gasteiger partial charge is 0.487 e. The first kappa shape index (κ1) is 15.5. The van der Waals surface area contributed by atoms with Gasteiger partial charge in [-0.1, -0.05) is 6.07 Å². The highest BCUT2D eigenvalue weighted by Gasteiger charge is 2.25. The smallest absolute Gasteiger partial charge is 0.143 e. The lowest BCUT2D eigenvalue weighted by atomic mass is 9.98. The number of aryl methyl sites for hydroxylation is 1. The topological polar surface area (TPSA) is 24.5 Å². The molecular formula is C16H25ClN2O. The third-order valence-electron chi connectivity index (χ3n) is 4.14. The van der Waals surface area contributed by atoms with Crippen molar-refractivity contribution in [3.05, 3.63) is 23.8 Å². The molecule has 1 aromatic rings. The highest BCUT2D eigenvalue weighted by atomic mass is 35.5. The lowest BCUT2D eigenvalue weighted by molar-refractivity contribution is 0.208. The summed E-state index contributed by atoms with van der Waals surface area (Å²) < 4.78 is 5.95. The van der Waals surface area contributed by atoms with Gasteiger partial charge in [0.2, 0.25) is 0 Å². The summed E-state index contributed by atoms with van der Waals surface area (Å²) in [6.45, 7) is 8.82. The van der Waals surface area contributed by atoms with Crippen LogP contribution in [0.3, 0.4) is 0 Å². The van der Waals surface area contributed by atoms with Gasteiger partial charge in [0.05, 0.1) is 12.2 Å². The highest BCUT2D eigenvalue weighted by molar-refractivity contribution is 5.85. The van der Waals surface area contributed by atoms with Crippen LogP contribution in [0.15, 0.2) is 18.2 Å². The molecular weight excluding hydrogens is 272 g/mol. The number of fused-ring (bicyclic) bond motifs is 1. The molecule has 2 heterocycles. The normalized spacial score (nSPS) is 25.4. The molecule has 2 atom stereocenters. The van der Waals surface area contributed by atoms with Gasteiger partial charge in [0, 0.05) is 6.54 Å². The minimum absolute atomic E-state index is 0. The summed E-state index contributed by atoms with van der Waals surface area (Å²) in [5.41, 5.74) is 2.59. The highest BCUT2D eigenvalue weighted by Crippen LogP contribution is 2.35. The van der Waals surface area contributed by atoms with E-state index in [-0.39, 0.29) is 18.5 Å². The van der Waals surface area contributed by atoms with Gasteiger partial charge in [0.15, 0.2) is 0 Å². The van der Waals surface area contributed by atoms with Crippen LogP contribution in [0, 0.1) is 12.8 Å². The minimum Gasteiger partial charge on any atom is -0.487 e. The first-order valence-corrected chi connectivity index (χ1v) is 7.45. The minimum atomic E-state index is 0. The SMILES string of the molecule is Cc1ccc2c(c1)N(CC1CCCNC1)CC(C)O2.Cl. The Morgan fingerprint density at radius 1 is 1.40 bits per heavy atom. The number of ether oxygens (including phenoxy) is 1. The first-order chi connectivity index (χ1) is 9.22. The van der Waals surface area contributed by atoms with Crippen molar-refractivity contribution < 1.29 is 4.74 Å². The summed E-state index contributed by atoms with van der Waals surface area (Å²) in [6, 6.07) is 6.52. The van der Waals surface area contributed by atoms with E-state index in [0.29, 0.717) is 0 Å². The molecule has 1 saturated heterocycles. The molecule has 112 valence electrons. The summed E-state index contributed by atoms with van der Waals surface area (Å²) in [6.07, 6.45) is 2.94. The molecule has 0 radical (unpaired) electrons. The number of hydrogen-bond acceptors (Lipinski definition) is 3. The summed E-state index contributed by atoms with van der Waals surface area (Å²) in [5, 5.41) is 3.51. The number of piperidine rings is 1. The molecule has 1 N–H and O–H groups in total. The molecule has 0 saturated carbocycles. The second-order valence-electron chi connectivity index (χ2n) is 6.02. The molecule has 2 aliphatic rings. The quantitative estimate of drug-likeness (QED) is 0.908. The van der Waals surface area contributed by atoms with Crippen LogP contribution in [0.5, 0.6) is 5.75 Å². The number of anilines is 1. The first-order valence-electron chi connectivity index (χ1n) is 7.45. The third-order valence-corrected chi connectivity index (χ3v) is 4.14. The van der Waals surface area contributed by atoms with E-state index in [1.54, 1.807) is 0 Å². The Hall–Kier alpha value is -0.930. The monoisotopic (exact) mass is 296 g/mol. The van der Waals surface area contributed by atoms with E-state index < -0.39 is 0 Å². The molecule has 4 heteroatoms. The zero-order valence-electron chi connectivity index (χ0n) is 12.4. The molecule has 2 aliphatic heterocycles. The number of benzene rings is 1. The molecule has 0 amide bonds. The summed E-state index contributed by atoms with van der Waals surface area (Å²) in [7, 11) is 0. The van der Waals surface area contributed by atoms with Gasteiger partial charge in [-0.3, -0.25) is 0 Å². The van der Waals surface area contributed by atoms with Gasteiger partial charge in [-0.15, -0.1) is 12.4 Å². The lowest BCUT2D eigenvalue weighted by Crippen LogP contribution is -2.44. The Balaban J connectivity index is 0.00000147. The van der Waals surface area contributed by atoms with Crippen molar-refractivity contribution >= 4 is 18.1 Å². The fourth-order valence-electron chi connectivity index (χ4n) is 3.20. The van der Waals surface area contributed by atoms with Crippen molar-refractivity contribution in [3.63, 3.8) is 0 Å². The van der Waals surface area contributed by atoms with Gasteiger partial charge < -0.3 is 15.0 Å². The van der Waals surface area contributed by atoms with Crippen molar-refractivity contribution in [2.75, 3.05) is 31.1 Å². The van der Waals surface area contributed by atoms with Crippen LogP contribution in [0.4, 0.5) is 5.69 Å². The van der Waals surface area contributed by atoms with Crippen molar-refractivity contribution in [3.8, 4) is 5.75 Å². The fourth-order valence-corrected chi connectivity index (χ4v) is 3.20. The second kappa shape index (κ2) is 6.68. The number of nitrogens with one attached hydrogen (secondary N) is 1. The van der Waals surface area contributed by atoms with Crippen LogP contribution < -0.4 is 15.0 Å². The molecule has 1 aromatic carbocycles. The Kier molecular flexibility index (Phi) is 5.17. The predicted molar refractivity (Wildman–Crippen MR) is 86.3 cm³/mol. The molecule has 3 rings (SSSR count). The van der Waals surface area contributed by atoms with Crippen molar-refractivity contribution in [1.82, 2.24) is 5.32 Å². The maximum Gasteiger partial charge on any atom is 0.143 e. The van der Waals surface area contributed by atoms with Gasteiger partial charge in [-0.05, 0) is 63.4 Å². The number of hydrogen-bond donors (Lipinski definition) is 1. The summed E-state index contributed by atoms with van der Waals surface area (Å²) in [5.74, 6) is 1.82. The Bertz CT molecular complexity index is 446. The molecule has 2 unspecified atom stereocenters. The lowest BCUT2D eigenvalue weighted by Gasteiger charge is -2.38. The predicted octanol–water partition coefficient (Wildman–Crippen LogP) is 3.00. The van der Waals surface area contributed by atoms with Crippen molar-refractivity contribution in [1.29, 1.82) is 0 Å². The Morgan fingerprint density at radius 3 is 3.00 bits per heavy atom. The molecule has 20 heavy (non-hydrogen) atoms. The van der Waals surface area contributed by atoms with Gasteiger partial charge in [0.25, 0.3) is 0 Å². The standard InChI is InChI=1S/C16H24N2O.ClH/c1-12-5-6-16-15(8-12)18(10-13(2)19-16)11-14-4-3-7-17-9-14;/h5-6,8,13-14,17H,3-4,7,9-11H2,1-2H3;1H. The Morgan fingerprint density at radius 2 is 2.25 bits per heavy atom. The number of halogens is 1. The zero-order chi connectivity index (χ0) is 13.2. The van der Waals surface area contributed by atoms with E-state index in [9.17, 15) is 0 Å². The average molecular weight is 297 g/mol. The van der Waals surface area contributed by atoms with Crippen LogP contribution in [0.25, 0.3) is 0 Å². The maximum absolute atomic E-state index is 5.95. The van der Waals surface area contributed by atoms with E-state index in [1.165, 1.54) is 30.6 Å². The third kappa shape index (κ3) is 3.39. The van der Waals surface area contributed by atoms with Crippen LogP contribution >= 0.6 is 12.4 Å². The van der Waals surface area contributed by atoms with Gasteiger partial charge in [-0.2, -0.15) is 0 Å². The van der Waals surface area contributed by atoms with E-state index in [0.717, 1.165) is 31.3 Å². The van der Waals surface area contributed by atoms with Gasteiger partial charge in [0.1, 0.15) is 11.9 Å². The van der Waals surface area contributed by atoms with Gasteiger partial charge in [-0.25, -0.2) is 0 Å². The molecule has 0 aromatic heterocycles. The average Bonchev–Trinajstić information content (AvgIpc) is 2.41. The van der Waals surface area contributed by atoms with Crippen molar-refractivity contribution in [2.45, 2.75) is 32.8 Å². The van der Waals surface area contributed by atoms with Crippen LogP contribution in [0.2, 0.25) is 0 Å². The molecule has 0 spiro atoms. The second-order valence-corrected chi connectivity index (χ2v) is 6.02. The van der Waals surface area contributed by atoms with Crippen LogP contribution in [-0.4, -0.2) is 32.3 Å². The number of rotatable bonds is 2. The van der Waals surface area contributed by atoms with E-state index >= 15 is 0 Å². The molecule has 3 nitrogen and oxygen atoms in total. The van der Waals surface area contributed by atoms with E-state index in [1.807, 2.05) is 0 Å². The fraction of sp³-hybridized carbons (Fsp3) is 0.625. The molecule has 1 fully saturated rings. The van der Waals surface area contributed by atoms with Crippen molar-refractivity contribution in [2.24, 2.45) is 5.92 Å². The molecule has 0 bridgehead atoms. The molecule has 0 aliphatic carbocycles. The summed E-state index contributed by atoms with van der Waals surface area (Å²) >= 11 is 0. The van der Waals surface area contributed by atoms with Crippen LogP contribution in [-0.2, 0) is 0 Å².